The Bertz CT molecular complexity index is 698. The third-order valence-electron chi connectivity index (χ3n) is 2.74. The Morgan fingerprint density at radius 1 is 1.14 bits per heavy atom. The highest BCUT2D eigenvalue weighted by molar-refractivity contribution is 6.00. The molecule has 7 nitrogen and oxygen atoms in total. The van der Waals surface area contributed by atoms with Gasteiger partial charge < -0.3 is 19.0 Å². The van der Waals surface area contributed by atoms with Crippen LogP contribution in [0.4, 0.5) is 0 Å². The van der Waals surface area contributed by atoms with Crippen molar-refractivity contribution in [1.82, 2.24) is 4.98 Å². The number of rotatable bonds is 4. The number of hydrogen-bond acceptors (Lipinski definition) is 7. The van der Waals surface area contributed by atoms with E-state index in [9.17, 15) is 14.7 Å². The zero-order valence-electron chi connectivity index (χ0n) is 11.9. The predicted octanol–water partition coefficient (Wildman–Crippen LogP) is 2.12. The van der Waals surface area contributed by atoms with E-state index < -0.39 is 11.9 Å². The van der Waals surface area contributed by atoms with Crippen LogP contribution in [0.2, 0.25) is 0 Å². The van der Waals surface area contributed by atoms with E-state index in [2.05, 4.69) is 14.5 Å². The molecule has 0 aliphatic carbocycles. The summed E-state index contributed by atoms with van der Waals surface area (Å²) in [6.45, 7) is 0. The van der Waals surface area contributed by atoms with Crippen LogP contribution >= 0.6 is 0 Å². The molecule has 0 amide bonds. The molecule has 0 unspecified atom stereocenters. The van der Waals surface area contributed by atoms with Gasteiger partial charge in [-0.25, -0.2) is 14.6 Å². The second-order valence-electron chi connectivity index (χ2n) is 4.11. The van der Waals surface area contributed by atoms with E-state index in [0.717, 1.165) is 14.2 Å². The van der Waals surface area contributed by atoms with Crippen LogP contribution in [0, 0.1) is 0 Å². The minimum absolute atomic E-state index is 0.00375. The van der Waals surface area contributed by atoms with Crippen LogP contribution in [0.5, 0.6) is 5.75 Å². The molecular formula is C15H13NO6. The van der Waals surface area contributed by atoms with E-state index in [1.54, 1.807) is 18.2 Å². The highest BCUT2D eigenvalue weighted by Crippen LogP contribution is 2.20. The second-order valence-corrected chi connectivity index (χ2v) is 4.11. The lowest BCUT2D eigenvalue weighted by Crippen LogP contribution is -2.10. The van der Waals surface area contributed by atoms with Crippen molar-refractivity contribution in [3.05, 3.63) is 47.2 Å². The maximum absolute atomic E-state index is 11.6. The lowest BCUT2D eigenvalue weighted by molar-refractivity contribution is 0.0526. The van der Waals surface area contributed by atoms with Gasteiger partial charge in [0.05, 0.1) is 14.2 Å². The number of aromatic hydroxyl groups is 1. The normalized spacial score (nSPS) is 10.6. The van der Waals surface area contributed by atoms with Crippen molar-refractivity contribution in [2.24, 2.45) is 0 Å². The first-order chi connectivity index (χ1) is 10.6. The van der Waals surface area contributed by atoms with E-state index in [1.807, 2.05) is 0 Å². The molecule has 1 aromatic heterocycles. The molecule has 0 spiro atoms. The van der Waals surface area contributed by atoms with Crippen molar-refractivity contribution in [2.45, 2.75) is 0 Å². The molecule has 1 heterocycles. The maximum Gasteiger partial charge on any atom is 0.376 e. The van der Waals surface area contributed by atoms with Crippen molar-refractivity contribution in [2.75, 3.05) is 14.2 Å². The standard InChI is InChI=1S/C15H13NO6/c1-20-14(18)12-13(15(19)21-2)22-11(16-12)8-7-9-5-3-4-6-10(9)17/h3-8,17H,1-2H3/b8-7+. The summed E-state index contributed by atoms with van der Waals surface area (Å²) in [4.78, 5) is 27.0. The topological polar surface area (TPSA) is 98.9 Å². The van der Waals surface area contributed by atoms with Crippen LogP contribution in [0.3, 0.4) is 0 Å². The van der Waals surface area contributed by atoms with Crippen LogP contribution in [0.1, 0.15) is 32.5 Å². The van der Waals surface area contributed by atoms with Gasteiger partial charge in [-0.3, -0.25) is 0 Å². The Kier molecular flexibility index (Phi) is 4.57. The average Bonchev–Trinajstić information content (AvgIpc) is 2.97. The predicted molar refractivity (Wildman–Crippen MR) is 76.2 cm³/mol. The van der Waals surface area contributed by atoms with Crippen molar-refractivity contribution in [1.29, 1.82) is 0 Å². The van der Waals surface area contributed by atoms with Gasteiger partial charge in [0.1, 0.15) is 5.75 Å². The number of para-hydroxylation sites is 1. The fourth-order valence-corrected chi connectivity index (χ4v) is 1.66. The first kappa shape index (κ1) is 15.3. The molecule has 2 aromatic rings. The van der Waals surface area contributed by atoms with Crippen molar-refractivity contribution < 1.29 is 28.6 Å². The minimum Gasteiger partial charge on any atom is -0.507 e. The number of methoxy groups -OCH3 is 2. The number of hydrogen-bond donors (Lipinski definition) is 1. The van der Waals surface area contributed by atoms with Gasteiger partial charge in [0.2, 0.25) is 17.3 Å². The number of esters is 2. The lowest BCUT2D eigenvalue weighted by Gasteiger charge is -1.96. The van der Waals surface area contributed by atoms with E-state index >= 15 is 0 Å². The number of phenolic OH excluding ortho intramolecular Hbond substituents is 1. The number of carbonyl (C=O) groups excluding carboxylic acids is 2. The number of aromatic nitrogens is 1. The zero-order valence-corrected chi connectivity index (χ0v) is 11.9. The van der Waals surface area contributed by atoms with Gasteiger partial charge in [-0.2, -0.15) is 0 Å². The number of ether oxygens (including phenoxy) is 2. The quantitative estimate of drug-likeness (QED) is 0.864. The van der Waals surface area contributed by atoms with Crippen LogP contribution in [0.25, 0.3) is 12.2 Å². The molecule has 1 aromatic carbocycles. The Labute approximate surface area is 125 Å². The summed E-state index contributed by atoms with van der Waals surface area (Å²) in [5.41, 5.74) is 0.256. The van der Waals surface area contributed by atoms with Gasteiger partial charge in [0.15, 0.2) is 0 Å². The summed E-state index contributed by atoms with van der Waals surface area (Å²) in [6, 6.07) is 6.63. The first-order valence-electron chi connectivity index (χ1n) is 6.20. The molecule has 0 saturated heterocycles. The van der Waals surface area contributed by atoms with Crippen LogP contribution in [-0.4, -0.2) is 36.2 Å². The smallest absolute Gasteiger partial charge is 0.376 e. The molecule has 0 saturated carbocycles. The molecule has 0 aliphatic heterocycles. The Balaban J connectivity index is 2.36. The van der Waals surface area contributed by atoms with Crippen molar-refractivity contribution >= 4 is 24.1 Å². The number of nitrogens with zero attached hydrogens (tertiary/aromatic N) is 1. The Hall–Kier alpha value is -3.09. The van der Waals surface area contributed by atoms with E-state index in [1.165, 1.54) is 18.2 Å². The highest BCUT2D eigenvalue weighted by atomic mass is 16.5. The summed E-state index contributed by atoms with van der Waals surface area (Å²) in [6.07, 6.45) is 2.94. The summed E-state index contributed by atoms with van der Waals surface area (Å²) < 4.78 is 14.3. The minimum atomic E-state index is -0.838. The fraction of sp³-hybridized carbons (Fsp3) is 0.133. The van der Waals surface area contributed by atoms with Crippen LogP contribution < -0.4 is 0 Å². The van der Waals surface area contributed by atoms with Gasteiger partial charge in [0, 0.05) is 11.6 Å². The fourth-order valence-electron chi connectivity index (χ4n) is 1.66. The number of oxazole rings is 1. The molecule has 1 N–H and O–H groups in total. The summed E-state index contributed by atoms with van der Waals surface area (Å²) in [5, 5.41) is 9.65. The monoisotopic (exact) mass is 303 g/mol. The Morgan fingerprint density at radius 2 is 1.82 bits per heavy atom. The van der Waals surface area contributed by atoms with Gasteiger partial charge in [-0.05, 0) is 12.1 Å². The molecular weight excluding hydrogens is 290 g/mol. The first-order valence-corrected chi connectivity index (χ1v) is 6.20. The SMILES string of the molecule is COC(=O)c1nc(/C=C/c2ccccc2O)oc1C(=O)OC. The molecule has 0 bridgehead atoms. The molecule has 22 heavy (non-hydrogen) atoms. The lowest BCUT2D eigenvalue weighted by atomic mass is 10.2. The average molecular weight is 303 g/mol. The molecule has 7 heteroatoms. The third-order valence-corrected chi connectivity index (χ3v) is 2.74. The molecule has 0 atom stereocenters. The second kappa shape index (κ2) is 6.57. The van der Waals surface area contributed by atoms with Gasteiger partial charge >= 0.3 is 11.9 Å². The maximum atomic E-state index is 11.6. The summed E-state index contributed by atoms with van der Waals surface area (Å²) >= 11 is 0. The van der Waals surface area contributed by atoms with E-state index in [4.69, 9.17) is 4.42 Å². The molecule has 0 radical (unpaired) electrons. The van der Waals surface area contributed by atoms with Crippen molar-refractivity contribution in [3.8, 4) is 5.75 Å². The highest BCUT2D eigenvalue weighted by Gasteiger charge is 2.26. The van der Waals surface area contributed by atoms with Crippen LogP contribution in [0.15, 0.2) is 28.7 Å². The van der Waals surface area contributed by atoms with E-state index in [0.29, 0.717) is 5.56 Å². The number of carbonyl (C=O) groups is 2. The summed E-state index contributed by atoms with van der Waals surface area (Å²) in [5.74, 6) is -1.91. The van der Waals surface area contributed by atoms with E-state index in [-0.39, 0.29) is 23.1 Å². The zero-order chi connectivity index (χ0) is 16.1. The third kappa shape index (κ3) is 3.14. The number of benzene rings is 1. The van der Waals surface area contributed by atoms with Gasteiger partial charge in [0.25, 0.3) is 0 Å². The molecule has 2 rings (SSSR count). The Morgan fingerprint density at radius 3 is 2.45 bits per heavy atom. The van der Waals surface area contributed by atoms with Gasteiger partial charge in [-0.1, -0.05) is 18.2 Å². The number of phenols is 1. The molecule has 0 fully saturated rings. The van der Waals surface area contributed by atoms with Crippen LogP contribution in [-0.2, 0) is 9.47 Å². The largest absolute Gasteiger partial charge is 0.507 e. The summed E-state index contributed by atoms with van der Waals surface area (Å²) in [7, 11) is 2.32. The molecule has 0 aliphatic rings. The van der Waals surface area contributed by atoms with Crippen molar-refractivity contribution in [3.63, 3.8) is 0 Å². The molecule has 114 valence electrons. The van der Waals surface area contributed by atoms with Gasteiger partial charge in [-0.15, -0.1) is 0 Å².